The first kappa shape index (κ1) is 10.5. The van der Waals surface area contributed by atoms with Crippen molar-refractivity contribution in [3.8, 4) is 0 Å². The second kappa shape index (κ2) is 3.68. The van der Waals surface area contributed by atoms with Crippen LogP contribution >= 0.6 is 24.4 Å². The second-order valence-corrected chi connectivity index (χ2v) is 4.67. The summed E-state index contributed by atoms with van der Waals surface area (Å²) in [7, 11) is 0. The third-order valence-electron chi connectivity index (χ3n) is 2.60. The lowest BCUT2D eigenvalue weighted by Crippen LogP contribution is -1.94. The van der Waals surface area contributed by atoms with Gasteiger partial charge in [-0.05, 0) is 31.3 Å². The molecule has 2 aromatic heterocycles. The molecule has 2 heterocycles. The molecule has 0 radical (unpaired) electrons. The number of aryl methyl sites for hydroxylation is 1. The molecule has 0 spiro atoms. The molecule has 4 nitrogen and oxygen atoms in total. The fourth-order valence-corrected chi connectivity index (χ4v) is 2.33. The summed E-state index contributed by atoms with van der Waals surface area (Å²) in [4.78, 5) is 5.95. The minimum absolute atomic E-state index is 0.498. The van der Waals surface area contributed by atoms with Gasteiger partial charge in [0, 0.05) is 5.39 Å². The molecular formula is C11H8N4S2. The topological polar surface area (TPSA) is 57.4 Å². The van der Waals surface area contributed by atoms with Crippen molar-refractivity contribution < 1.29 is 0 Å². The molecule has 0 amide bonds. The van der Waals surface area contributed by atoms with Crippen LogP contribution in [0.25, 0.3) is 21.9 Å². The highest BCUT2D eigenvalue weighted by atomic mass is 32.1. The summed E-state index contributed by atoms with van der Waals surface area (Å²) in [5.74, 6) is 0. The first-order chi connectivity index (χ1) is 8.15. The van der Waals surface area contributed by atoms with Crippen molar-refractivity contribution in [3.05, 3.63) is 33.2 Å². The first-order valence-corrected chi connectivity index (χ1v) is 5.86. The number of aromatic amines is 2. The van der Waals surface area contributed by atoms with Crippen molar-refractivity contribution in [2.24, 2.45) is 0 Å². The molecule has 0 saturated carbocycles. The Bertz CT molecular complexity index is 847. The van der Waals surface area contributed by atoms with Gasteiger partial charge in [0.1, 0.15) is 10.2 Å². The predicted molar refractivity (Wildman–Crippen MR) is 72.2 cm³/mol. The number of benzene rings is 1. The van der Waals surface area contributed by atoms with Gasteiger partial charge in [0.15, 0.2) is 4.77 Å². The molecule has 0 bridgehead atoms. The molecule has 0 fully saturated rings. The third-order valence-corrected chi connectivity index (χ3v) is 3.10. The molecule has 0 unspecified atom stereocenters. The van der Waals surface area contributed by atoms with Gasteiger partial charge in [-0.3, -0.25) is 0 Å². The SMILES string of the molecule is Cc1ccc2nnc3c(=S)[nH]c(=S)[nH]c3c2c1. The second-order valence-electron chi connectivity index (χ2n) is 3.85. The summed E-state index contributed by atoms with van der Waals surface area (Å²) in [6.45, 7) is 2.03. The Morgan fingerprint density at radius 2 is 1.94 bits per heavy atom. The fraction of sp³-hybridized carbons (Fsp3) is 0.0909. The predicted octanol–water partition coefficient (Wildman–Crippen LogP) is 3.21. The van der Waals surface area contributed by atoms with Crippen molar-refractivity contribution in [1.29, 1.82) is 0 Å². The van der Waals surface area contributed by atoms with E-state index in [9.17, 15) is 0 Å². The number of hydrogen-bond donors (Lipinski definition) is 2. The van der Waals surface area contributed by atoms with Gasteiger partial charge in [-0.15, -0.1) is 10.2 Å². The maximum Gasteiger partial charge on any atom is 0.176 e. The highest BCUT2D eigenvalue weighted by molar-refractivity contribution is 7.72. The highest BCUT2D eigenvalue weighted by Crippen LogP contribution is 2.20. The number of aromatic nitrogens is 4. The minimum atomic E-state index is 0.498. The summed E-state index contributed by atoms with van der Waals surface area (Å²) in [5, 5.41) is 9.25. The summed E-state index contributed by atoms with van der Waals surface area (Å²) in [5.41, 5.74) is 3.47. The van der Waals surface area contributed by atoms with E-state index in [2.05, 4.69) is 20.2 Å². The maximum atomic E-state index is 5.19. The van der Waals surface area contributed by atoms with E-state index in [0.717, 1.165) is 22.0 Å². The van der Waals surface area contributed by atoms with E-state index in [-0.39, 0.29) is 0 Å². The van der Waals surface area contributed by atoms with Crippen LogP contribution < -0.4 is 0 Å². The average Bonchev–Trinajstić information content (AvgIpc) is 2.28. The van der Waals surface area contributed by atoms with E-state index in [1.54, 1.807) is 0 Å². The monoisotopic (exact) mass is 260 g/mol. The highest BCUT2D eigenvalue weighted by Gasteiger charge is 2.05. The zero-order chi connectivity index (χ0) is 12.0. The number of nitrogens with one attached hydrogen (secondary N) is 2. The Morgan fingerprint density at radius 3 is 2.76 bits per heavy atom. The van der Waals surface area contributed by atoms with E-state index in [1.165, 1.54) is 0 Å². The van der Waals surface area contributed by atoms with Crippen molar-refractivity contribution in [2.75, 3.05) is 0 Å². The van der Waals surface area contributed by atoms with Gasteiger partial charge < -0.3 is 9.97 Å². The zero-order valence-corrected chi connectivity index (χ0v) is 10.6. The molecule has 3 aromatic rings. The Hall–Kier alpha value is -1.66. The number of rotatable bonds is 0. The van der Waals surface area contributed by atoms with Crippen LogP contribution in [0.2, 0.25) is 0 Å². The molecule has 17 heavy (non-hydrogen) atoms. The molecule has 1 aromatic carbocycles. The molecule has 6 heteroatoms. The first-order valence-electron chi connectivity index (χ1n) is 5.04. The largest absolute Gasteiger partial charge is 0.330 e. The maximum absolute atomic E-state index is 5.19. The lowest BCUT2D eigenvalue weighted by atomic mass is 10.1. The third kappa shape index (κ3) is 1.65. The van der Waals surface area contributed by atoms with Gasteiger partial charge in [0.2, 0.25) is 0 Å². The van der Waals surface area contributed by atoms with Crippen molar-refractivity contribution in [3.63, 3.8) is 0 Å². The molecule has 0 atom stereocenters. The summed E-state index contributed by atoms with van der Waals surface area (Å²) in [6.07, 6.45) is 0. The van der Waals surface area contributed by atoms with E-state index in [0.29, 0.717) is 14.9 Å². The molecule has 0 aliphatic rings. The lowest BCUT2D eigenvalue weighted by Gasteiger charge is -2.03. The van der Waals surface area contributed by atoms with Crippen molar-refractivity contribution in [2.45, 2.75) is 6.92 Å². The van der Waals surface area contributed by atoms with Crippen LogP contribution in [0, 0.1) is 16.3 Å². The molecular weight excluding hydrogens is 252 g/mol. The molecule has 0 saturated heterocycles. The Labute approximate surface area is 107 Å². The van der Waals surface area contributed by atoms with Gasteiger partial charge in [-0.2, -0.15) is 0 Å². The number of fused-ring (bicyclic) bond motifs is 3. The quantitative estimate of drug-likeness (QED) is 0.481. The molecule has 0 aliphatic carbocycles. The van der Waals surface area contributed by atoms with E-state index < -0.39 is 0 Å². The standard InChI is InChI=1S/C11H8N4S2/c1-5-2-3-7-6(4-5)8-9(15-14-7)10(16)13-11(17)12-8/h2-4H,1H3,(H2,12,13,16,17). The fourth-order valence-electron chi connectivity index (χ4n) is 1.81. The summed E-state index contributed by atoms with van der Waals surface area (Å²) in [6, 6.07) is 5.99. The molecule has 3 rings (SSSR count). The van der Waals surface area contributed by atoms with Gasteiger partial charge in [-0.25, -0.2) is 0 Å². The van der Waals surface area contributed by atoms with Gasteiger partial charge in [-0.1, -0.05) is 23.8 Å². The zero-order valence-electron chi connectivity index (χ0n) is 8.94. The average molecular weight is 260 g/mol. The summed E-state index contributed by atoms with van der Waals surface area (Å²) < 4.78 is 1.01. The smallest absolute Gasteiger partial charge is 0.176 e. The number of nitrogens with zero attached hydrogens (tertiary/aromatic N) is 2. The van der Waals surface area contributed by atoms with E-state index in [1.807, 2.05) is 25.1 Å². The molecule has 2 N–H and O–H groups in total. The van der Waals surface area contributed by atoms with E-state index in [4.69, 9.17) is 24.4 Å². The van der Waals surface area contributed by atoms with E-state index >= 15 is 0 Å². The van der Waals surface area contributed by atoms with Crippen LogP contribution in [0.15, 0.2) is 18.2 Å². The molecule has 0 aliphatic heterocycles. The lowest BCUT2D eigenvalue weighted by molar-refractivity contribution is 1.08. The normalized spacial score (nSPS) is 11.1. The van der Waals surface area contributed by atoms with Crippen LogP contribution in [0.5, 0.6) is 0 Å². The Morgan fingerprint density at radius 1 is 1.12 bits per heavy atom. The Balaban J connectivity index is 2.67. The van der Waals surface area contributed by atoms with Gasteiger partial charge in [0.05, 0.1) is 11.0 Å². The van der Waals surface area contributed by atoms with Gasteiger partial charge >= 0.3 is 0 Å². The molecule has 84 valence electrons. The number of hydrogen-bond acceptors (Lipinski definition) is 4. The number of H-pyrrole nitrogens is 2. The van der Waals surface area contributed by atoms with Crippen LogP contribution in [0.1, 0.15) is 5.56 Å². The Kier molecular flexibility index (Phi) is 2.27. The van der Waals surface area contributed by atoms with Crippen LogP contribution in [0.4, 0.5) is 0 Å². The van der Waals surface area contributed by atoms with Crippen LogP contribution in [-0.4, -0.2) is 20.2 Å². The summed E-state index contributed by atoms with van der Waals surface area (Å²) >= 11 is 10.3. The van der Waals surface area contributed by atoms with Crippen LogP contribution in [-0.2, 0) is 0 Å². The minimum Gasteiger partial charge on any atom is -0.330 e. The van der Waals surface area contributed by atoms with Crippen molar-refractivity contribution >= 4 is 46.4 Å². The van der Waals surface area contributed by atoms with Gasteiger partial charge in [0.25, 0.3) is 0 Å². The van der Waals surface area contributed by atoms with Crippen LogP contribution in [0.3, 0.4) is 0 Å². The van der Waals surface area contributed by atoms with Crippen molar-refractivity contribution in [1.82, 2.24) is 20.2 Å².